The number of hydrogen-bond donors (Lipinski definition) is 2. The maximum absolute atomic E-state index is 9.87. The van der Waals surface area contributed by atoms with Crippen molar-refractivity contribution in [2.75, 3.05) is 5.73 Å². The second kappa shape index (κ2) is 6.39. The van der Waals surface area contributed by atoms with Crippen molar-refractivity contribution in [1.29, 1.82) is 0 Å². The molecule has 0 saturated heterocycles. The molecule has 0 spiro atoms. The Hall–Kier alpha value is -1.69. The summed E-state index contributed by atoms with van der Waals surface area (Å²) in [6.45, 7) is 0. The molecular formula is C15H19N3O2S. The number of aromatic hydroxyl groups is 1. The van der Waals surface area contributed by atoms with Crippen LogP contribution in [0.2, 0.25) is 0 Å². The standard InChI is InChI=1S/C15H19N3O2S/c16-10-6-7-12(13(19)8-10)15-17-14(18-20-15)9-21-11-4-2-1-3-5-11/h6-8,11,19H,1-5,9,16H2. The van der Waals surface area contributed by atoms with Gasteiger partial charge in [-0.15, -0.1) is 0 Å². The largest absolute Gasteiger partial charge is 0.507 e. The minimum Gasteiger partial charge on any atom is -0.507 e. The second-order valence-electron chi connectivity index (χ2n) is 5.36. The van der Waals surface area contributed by atoms with E-state index >= 15 is 0 Å². The maximum atomic E-state index is 9.87. The van der Waals surface area contributed by atoms with E-state index in [0.29, 0.717) is 28.2 Å². The van der Waals surface area contributed by atoms with E-state index in [1.165, 1.54) is 38.2 Å². The minimum absolute atomic E-state index is 0.0603. The van der Waals surface area contributed by atoms with Crippen molar-refractivity contribution in [3.05, 3.63) is 24.0 Å². The van der Waals surface area contributed by atoms with Gasteiger partial charge in [0.15, 0.2) is 5.82 Å². The van der Waals surface area contributed by atoms with Gasteiger partial charge in [0.1, 0.15) is 5.75 Å². The minimum atomic E-state index is 0.0603. The molecule has 0 radical (unpaired) electrons. The van der Waals surface area contributed by atoms with Crippen LogP contribution in [0.5, 0.6) is 5.75 Å². The molecule has 0 aliphatic heterocycles. The van der Waals surface area contributed by atoms with Gasteiger partial charge in [0, 0.05) is 17.0 Å². The number of aromatic nitrogens is 2. The molecule has 112 valence electrons. The summed E-state index contributed by atoms with van der Waals surface area (Å²) < 4.78 is 5.24. The van der Waals surface area contributed by atoms with E-state index in [4.69, 9.17) is 10.3 Å². The highest BCUT2D eigenvalue weighted by molar-refractivity contribution is 7.99. The van der Waals surface area contributed by atoms with E-state index in [1.54, 1.807) is 12.1 Å². The molecule has 1 aliphatic rings. The summed E-state index contributed by atoms with van der Waals surface area (Å²) in [6.07, 6.45) is 6.59. The van der Waals surface area contributed by atoms with E-state index in [2.05, 4.69) is 10.1 Å². The number of benzene rings is 1. The Morgan fingerprint density at radius 2 is 2.10 bits per heavy atom. The average Bonchev–Trinajstić information content (AvgIpc) is 2.95. The summed E-state index contributed by atoms with van der Waals surface area (Å²) in [6, 6.07) is 4.88. The number of nitrogens with zero attached hydrogens (tertiary/aromatic N) is 2. The molecule has 5 nitrogen and oxygen atoms in total. The lowest BCUT2D eigenvalue weighted by atomic mass is 10.0. The summed E-state index contributed by atoms with van der Waals surface area (Å²) >= 11 is 1.90. The normalized spacial score (nSPS) is 16.2. The van der Waals surface area contributed by atoms with Crippen LogP contribution in [0.1, 0.15) is 37.9 Å². The molecule has 1 aliphatic carbocycles. The van der Waals surface area contributed by atoms with E-state index < -0.39 is 0 Å². The van der Waals surface area contributed by atoms with Gasteiger partial charge in [-0.25, -0.2) is 0 Å². The van der Waals surface area contributed by atoms with Crippen LogP contribution in [-0.2, 0) is 5.75 Å². The first-order valence-corrected chi connectivity index (χ1v) is 8.30. The van der Waals surface area contributed by atoms with Crippen molar-refractivity contribution in [2.45, 2.75) is 43.1 Å². The first-order valence-electron chi connectivity index (χ1n) is 7.25. The summed E-state index contributed by atoms with van der Waals surface area (Å²) in [4.78, 5) is 4.36. The van der Waals surface area contributed by atoms with Crippen LogP contribution in [0.25, 0.3) is 11.5 Å². The van der Waals surface area contributed by atoms with Crippen molar-refractivity contribution < 1.29 is 9.63 Å². The van der Waals surface area contributed by atoms with Crippen LogP contribution in [0.4, 0.5) is 5.69 Å². The highest BCUT2D eigenvalue weighted by atomic mass is 32.2. The third kappa shape index (κ3) is 3.50. The lowest BCUT2D eigenvalue weighted by Crippen LogP contribution is -2.08. The van der Waals surface area contributed by atoms with Gasteiger partial charge < -0.3 is 15.4 Å². The molecule has 6 heteroatoms. The molecule has 3 rings (SSSR count). The van der Waals surface area contributed by atoms with Gasteiger partial charge in [-0.05, 0) is 25.0 Å². The zero-order valence-corrected chi connectivity index (χ0v) is 12.6. The predicted octanol–water partition coefficient (Wildman–Crippen LogP) is 3.59. The van der Waals surface area contributed by atoms with E-state index in [9.17, 15) is 5.11 Å². The van der Waals surface area contributed by atoms with E-state index in [1.807, 2.05) is 11.8 Å². The Labute approximate surface area is 127 Å². The smallest absolute Gasteiger partial charge is 0.261 e. The summed E-state index contributed by atoms with van der Waals surface area (Å²) in [5.74, 6) is 1.83. The summed E-state index contributed by atoms with van der Waals surface area (Å²) in [5.41, 5.74) is 6.63. The number of nitrogen functional groups attached to an aromatic ring is 1. The maximum Gasteiger partial charge on any atom is 0.261 e. The Balaban J connectivity index is 1.65. The molecule has 3 N–H and O–H groups in total. The van der Waals surface area contributed by atoms with Gasteiger partial charge in [-0.2, -0.15) is 16.7 Å². The number of phenolic OH excluding ortho intramolecular Hbond substituents is 1. The molecule has 1 heterocycles. The number of nitrogens with two attached hydrogens (primary N) is 1. The molecule has 1 saturated carbocycles. The van der Waals surface area contributed by atoms with E-state index in [-0.39, 0.29) is 5.75 Å². The second-order valence-corrected chi connectivity index (χ2v) is 6.65. The third-order valence-corrected chi connectivity index (χ3v) is 5.09. The number of hydrogen-bond acceptors (Lipinski definition) is 6. The summed E-state index contributed by atoms with van der Waals surface area (Å²) in [5, 5.41) is 14.6. The quantitative estimate of drug-likeness (QED) is 0.840. The topological polar surface area (TPSA) is 85.2 Å². The first-order chi connectivity index (χ1) is 10.2. The third-order valence-electron chi connectivity index (χ3n) is 3.72. The van der Waals surface area contributed by atoms with Crippen LogP contribution in [0.3, 0.4) is 0 Å². The van der Waals surface area contributed by atoms with Crippen molar-refractivity contribution in [3.8, 4) is 17.2 Å². The highest BCUT2D eigenvalue weighted by Gasteiger charge is 2.17. The Morgan fingerprint density at radius 1 is 1.29 bits per heavy atom. The molecule has 1 aromatic carbocycles. The van der Waals surface area contributed by atoms with Crippen molar-refractivity contribution in [1.82, 2.24) is 10.1 Å². The summed E-state index contributed by atoms with van der Waals surface area (Å²) in [7, 11) is 0. The van der Waals surface area contributed by atoms with Gasteiger partial charge >= 0.3 is 0 Å². The molecule has 0 bridgehead atoms. The fraction of sp³-hybridized carbons (Fsp3) is 0.467. The molecule has 1 fully saturated rings. The lowest BCUT2D eigenvalue weighted by Gasteiger charge is -2.19. The lowest BCUT2D eigenvalue weighted by molar-refractivity contribution is 0.419. The molecule has 1 aromatic heterocycles. The molecule has 21 heavy (non-hydrogen) atoms. The van der Waals surface area contributed by atoms with Crippen molar-refractivity contribution in [3.63, 3.8) is 0 Å². The molecule has 0 unspecified atom stereocenters. The molecular weight excluding hydrogens is 286 g/mol. The van der Waals surface area contributed by atoms with Gasteiger partial charge in [-0.1, -0.05) is 24.4 Å². The zero-order valence-electron chi connectivity index (χ0n) is 11.8. The van der Waals surface area contributed by atoms with Gasteiger partial charge in [0.05, 0.1) is 11.3 Å². The predicted molar refractivity (Wildman–Crippen MR) is 84.0 cm³/mol. The van der Waals surface area contributed by atoms with Gasteiger partial charge in [0.2, 0.25) is 0 Å². The Kier molecular flexibility index (Phi) is 4.34. The van der Waals surface area contributed by atoms with Crippen LogP contribution < -0.4 is 5.73 Å². The van der Waals surface area contributed by atoms with Crippen LogP contribution >= 0.6 is 11.8 Å². The number of phenols is 1. The van der Waals surface area contributed by atoms with Gasteiger partial charge in [0.25, 0.3) is 5.89 Å². The van der Waals surface area contributed by atoms with E-state index in [0.717, 1.165) is 5.75 Å². The Morgan fingerprint density at radius 3 is 2.86 bits per heavy atom. The number of thioether (sulfide) groups is 1. The average molecular weight is 305 g/mol. The Bertz CT molecular complexity index is 609. The molecule has 0 atom stereocenters. The SMILES string of the molecule is Nc1ccc(-c2nc(CSC3CCCCC3)no2)c(O)c1. The van der Waals surface area contributed by atoms with Gasteiger partial charge in [-0.3, -0.25) is 0 Å². The zero-order chi connectivity index (χ0) is 14.7. The van der Waals surface area contributed by atoms with Crippen molar-refractivity contribution >= 4 is 17.4 Å². The molecule has 2 aromatic rings. The molecule has 0 amide bonds. The fourth-order valence-corrected chi connectivity index (χ4v) is 3.74. The van der Waals surface area contributed by atoms with Crippen LogP contribution in [-0.4, -0.2) is 20.5 Å². The highest BCUT2D eigenvalue weighted by Crippen LogP contribution is 2.32. The van der Waals surface area contributed by atoms with Crippen LogP contribution in [0.15, 0.2) is 22.7 Å². The van der Waals surface area contributed by atoms with Crippen molar-refractivity contribution in [2.24, 2.45) is 0 Å². The first kappa shape index (κ1) is 14.3. The monoisotopic (exact) mass is 305 g/mol. The number of rotatable bonds is 4. The van der Waals surface area contributed by atoms with Crippen LogP contribution in [0, 0.1) is 0 Å². The number of anilines is 1. The fourth-order valence-electron chi connectivity index (χ4n) is 2.58.